The van der Waals surface area contributed by atoms with E-state index in [1.165, 1.54) is 0 Å². The number of alkyl halides is 3. The van der Waals surface area contributed by atoms with Crippen LogP contribution in [0.2, 0.25) is 0 Å². The van der Waals surface area contributed by atoms with Gasteiger partial charge in [0.2, 0.25) is 0 Å². The third kappa shape index (κ3) is 4.55. The van der Waals surface area contributed by atoms with Crippen molar-refractivity contribution in [2.45, 2.75) is 39.8 Å². The summed E-state index contributed by atoms with van der Waals surface area (Å²) in [4.78, 5) is 0. The van der Waals surface area contributed by atoms with Crippen LogP contribution in [0.4, 0.5) is 13.2 Å². The summed E-state index contributed by atoms with van der Waals surface area (Å²) in [6.07, 6.45) is -0.152. The van der Waals surface area contributed by atoms with E-state index in [2.05, 4.69) is 26.8 Å². The van der Waals surface area contributed by atoms with E-state index in [1.54, 1.807) is 12.1 Å². The Kier molecular flexibility index (Phi) is 4.25. The summed E-state index contributed by atoms with van der Waals surface area (Å²) in [6.45, 7) is 8.24. The second kappa shape index (κ2) is 5.17. The van der Waals surface area contributed by atoms with Gasteiger partial charge in [0.25, 0.3) is 0 Å². The van der Waals surface area contributed by atoms with Crippen LogP contribution in [0.15, 0.2) is 36.4 Å². The minimum Gasteiger partial charge on any atom is -0.166 e. The summed E-state index contributed by atoms with van der Waals surface area (Å²) in [5, 5.41) is 0. The van der Waals surface area contributed by atoms with Gasteiger partial charge in [-0.1, -0.05) is 52.0 Å². The van der Waals surface area contributed by atoms with Crippen LogP contribution in [0.5, 0.6) is 0 Å². The van der Waals surface area contributed by atoms with Gasteiger partial charge in [-0.15, -0.1) is 0 Å². The minimum atomic E-state index is -4.26. The van der Waals surface area contributed by atoms with Gasteiger partial charge in [0.1, 0.15) is 0 Å². The fraction of sp³-hybridized carbons (Fsp3) is 0.467. The standard InChI is InChI=1S/C15H19F3/c1-11(9-10-14(2,3)4)12-5-7-13(8-6-12)15(16,17)18/h5-11H,1-4H3/b10-9+. The lowest BCUT2D eigenvalue weighted by molar-refractivity contribution is -0.137. The molecule has 0 fully saturated rings. The molecule has 1 atom stereocenters. The Hall–Kier alpha value is -1.25. The maximum atomic E-state index is 12.4. The van der Waals surface area contributed by atoms with Gasteiger partial charge in [-0.25, -0.2) is 0 Å². The van der Waals surface area contributed by atoms with Crippen LogP contribution in [0.3, 0.4) is 0 Å². The molecule has 0 saturated carbocycles. The Morgan fingerprint density at radius 3 is 1.89 bits per heavy atom. The average molecular weight is 256 g/mol. The number of rotatable bonds is 2. The molecule has 0 aliphatic heterocycles. The molecular weight excluding hydrogens is 237 g/mol. The van der Waals surface area contributed by atoms with Gasteiger partial charge >= 0.3 is 6.18 Å². The lowest BCUT2D eigenvalue weighted by Crippen LogP contribution is -2.05. The van der Waals surface area contributed by atoms with Gasteiger partial charge in [-0.2, -0.15) is 13.2 Å². The summed E-state index contributed by atoms with van der Waals surface area (Å²) in [6, 6.07) is 5.36. The number of allylic oxidation sites excluding steroid dienone is 2. The van der Waals surface area contributed by atoms with E-state index in [1.807, 2.05) is 13.0 Å². The van der Waals surface area contributed by atoms with Crippen LogP contribution >= 0.6 is 0 Å². The van der Waals surface area contributed by atoms with Crippen molar-refractivity contribution in [2.24, 2.45) is 5.41 Å². The molecule has 0 amide bonds. The highest BCUT2D eigenvalue weighted by molar-refractivity contribution is 5.29. The molecule has 3 heteroatoms. The maximum Gasteiger partial charge on any atom is 0.416 e. The number of hydrogen-bond acceptors (Lipinski definition) is 0. The van der Waals surface area contributed by atoms with E-state index in [4.69, 9.17) is 0 Å². The Labute approximate surface area is 107 Å². The number of hydrogen-bond donors (Lipinski definition) is 0. The first-order valence-electron chi connectivity index (χ1n) is 5.96. The normalized spacial score (nSPS) is 15.1. The zero-order valence-electron chi connectivity index (χ0n) is 11.2. The van der Waals surface area contributed by atoms with E-state index < -0.39 is 11.7 Å². The largest absolute Gasteiger partial charge is 0.416 e. The van der Waals surface area contributed by atoms with Crippen molar-refractivity contribution in [1.29, 1.82) is 0 Å². The highest BCUT2D eigenvalue weighted by atomic mass is 19.4. The molecule has 0 heterocycles. The van der Waals surface area contributed by atoms with E-state index in [-0.39, 0.29) is 11.3 Å². The number of benzene rings is 1. The summed E-state index contributed by atoms with van der Waals surface area (Å²) < 4.78 is 37.2. The van der Waals surface area contributed by atoms with E-state index in [9.17, 15) is 13.2 Å². The minimum absolute atomic E-state index is 0.0835. The summed E-state index contributed by atoms with van der Waals surface area (Å²) in [5.74, 6) is 0.117. The first-order chi connectivity index (χ1) is 8.09. The molecule has 0 saturated heterocycles. The van der Waals surface area contributed by atoms with E-state index in [0.29, 0.717) is 0 Å². The molecule has 0 radical (unpaired) electrons. The number of halogens is 3. The smallest absolute Gasteiger partial charge is 0.166 e. The van der Waals surface area contributed by atoms with Crippen LogP contribution in [0.1, 0.15) is 44.7 Å². The molecule has 0 bridgehead atoms. The lowest BCUT2D eigenvalue weighted by atomic mass is 9.92. The molecule has 1 rings (SSSR count). The molecule has 1 aromatic carbocycles. The Morgan fingerprint density at radius 2 is 1.50 bits per heavy atom. The average Bonchev–Trinajstić information content (AvgIpc) is 2.24. The van der Waals surface area contributed by atoms with Gasteiger partial charge in [0.15, 0.2) is 0 Å². The van der Waals surface area contributed by atoms with Crippen LogP contribution in [0, 0.1) is 5.41 Å². The molecule has 0 aromatic heterocycles. The quantitative estimate of drug-likeness (QED) is 0.620. The molecule has 0 aliphatic carbocycles. The molecular formula is C15H19F3. The van der Waals surface area contributed by atoms with E-state index in [0.717, 1.165) is 17.7 Å². The van der Waals surface area contributed by atoms with Gasteiger partial charge in [-0.05, 0) is 29.0 Å². The van der Waals surface area contributed by atoms with Crippen molar-refractivity contribution < 1.29 is 13.2 Å². The SMILES string of the molecule is CC(/C=C/C(C)(C)C)c1ccc(C(F)(F)F)cc1. The third-order valence-electron chi connectivity index (χ3n) is 2.65. The zero-order chi connectivity index (χ0) is 14.0. The van der Waals surface area contributed by atoms with Crippen molar-refractivity contribution in [2.75, 3.05) is 0 Å². The van der Waals surface area contributed by atoms with Crippen LogP contribution in [0.25, 0.3) is 0 Å². The maximum absolute atomic E-state index is 12.4. The van der Waals surface area contributed by atoms with Crippen molar-refractivity contribution in [3.8, 4) is 0 Å². The highest BCUT2D eigenvalue weighted by Crippen LogP contribution is 2.30. The zero-order valence-corrected chi connectivity index (χ0v) is 11.2. The molecule has 0 nitrogen and oxygen atoms in total. The first-order valence-corrected chi connectivity index (χ1v) is 5.96. The topological polar surface area (TPSA) is 0 Å². The fourth-order valence-corrected chi connectivity index (χ4v) is 1.52. The molecule has 18 heavy (non-hydrogen) atoms. The molecule has 0 aliphatic rings. The Balaban J connectivity index is 2.83. The van der Waals surface area contributed by atoms with E-state index >= 15 is 0 Å². The van der Waals surface area contributed by atoms with Crippen molar-refractivity contribution in [3.05, 3.63) is 47.5 Å². The second-order valence-electron chi connectivity index (χ2n) is 5.63. The fourth-order valence-electron chi connectivity index (χ4n) is 1.52. The predicted octanol–water partition coefficient (Wildman–Crippen LogP) is 5.41. The van der Waals surface area contributed by atoms with Crippen molar-refractivity contribution >= 4 is 0 Å². The third-order valence-corrected chi connectivity index (χ3v) is 2.65. The van der Waals surface area contributed by atoms with Gasteiger partial charge in [0, 0.05) is 0 Å². The molecule has 1 aromatic rings. The van der Waals surface area contributed by atoms with Gasteiger partial charge in [-0.3, -0.25) is 0 Å². The van der Waals surface area contributed by atoms with Crippen molar-refractivity contribution in [1.82, 2.24) is 0 Å². The first kappa shape index (κ1) is 14.8. The van der Waals surface area contributed by atoms with Gasteiger partial charge < -0.3 is 0 Å². The predicted molar refractivity (Wildman–Crippen MR) is 68.5 cm³/mol. The van der Waals surface area contributed by atoms with Gasteiger partial charge in [0.05, 0.1) is 5.56 Å². The second-order valence-corrected chi connectivity index (χ2v) is 5.63. The monoisotopic (exact) mass is 256 g/mol. The van der Waals surface area contributed by atoms with Crippen LogP contribution in [-0.2, 0) is 6.18 Å². The molecule has 0 spiro atoms. The van der Waals surface area contributed by atoms with Crippen molar-refractivity contribution in [3.63, 3.8) is 0 Å². The summed E-state index contributed by atoms with van der Waals surface area (Å²) in [5.41, 5.74) is 0.377. The highest BCUT2D eigenvalue weighted by Gasteiger charge is 2.30. The Bertz CT molecular complexity index is 405. The molecule has 0 N–H and O–H groups in total. The summed E-state index contributed by atoms with van der Waals surface area (Å²) >= 11 is 0. The van der Waals surface area contributed by atoms with Crippen LogP contribution < -0.4 is 0 Å². The molecule has 1 unspecified atom stereocenters. The van der Waals surface area contributed by atoms with Crippen LogP contribution in [-0.4, -0.2) is 0 Å². The lowest BCUT2D eigenvalue weighted by Gasteiger charge is -2.14. The Morgan fingerprint density at radius 1 is 1.00 bits per heavy atom. The summed E-state index contributed by atoms with van der Waals surface area (Å²) in [7, 11) is 0. The molecule has 100 valence electrons.